The third kappa shape index (κ3) is 9.24. The number of anilines is 12. The first-order valence-electron chi connectivity index (χ1n) is 26.1. The van der Waals surface area contributed by atoms with Crippen molar-refractivity contribution in [3.05, 3.63) is 315 Å². The van der Waals surface area contributed by atoms with Crippen LogP contribution in [-0.4, -0.2) is 0 Å². The Hall–Kier alpha value is -10.4. The van der Waals surface area contributed by atoms with Crippen LogP contribution in [0.4, 0.5) is 68.2 Å². The molecular weight excluding hydrogens is 937 g/mol. The molecule has 0 saturated carbocycles. The van der Waals surface area contributed by atoms with Crippen LogP contribution in [0.1, 0.15) is 0 Å². The smallest absolute Gasteiger partial charge is 0.159 e. The molecule has 0 aliphatic carbocycles. The quantitative estimate of drug-likeness (QED) is 0.108. The number of nitrogens with zero attached hydrogens (tertiary/aromatic N) is 4. The highest BCUT2D eigenvalue weighted by Crippen LogP contribution is 2.48. The van der Waals surface area contributed by atoms with Crippen LogP contribution in [0, 0.1) is 0 Å². The summed E-state index contributed by atoms with van der Waals surface area (Å²) >= 11 is 0. The fraction of sp³-hybridized carbons (Fsp3) is 0. The van der Waals surface area contributed by atoms with E-state index in [9.17, 15) is 0 Å². The van der Waals surface area contributed by atoms with Crippen molar-refractivity contribution in [3.8, 4) is 22.3 Å². The molecule has 0 unspecified atom stereocenters. The maximum atomic E-state index is 7.30. The molecule has 0 amide bonds. The molecule has 0 fully saturated rings. The van der Waals surface area contributed by atoms with Crippen LogP contribution in [0.2, 0.25) is 0 Å². The summed E-state index contributed by atoms with van der Waals surface area (Å²) in [6, 6.07) is 112. The SMILES string of the molecule is c1ccc(-c2ccc(N(c3ccccc3)c3ccc(N(c4ccccc4)c4cccc5c4oc4c(N(c6ccccc6)c6ccc(N(c7ccccc7)c7ccc(-c8ccccc8)cc7)cc6)cccc45)cc3)cc2)cc1. The Morgan fingerprint density at radius 3 is 0.688 bits per heavy atom. The molecule has 0 spiro atoms. The molecule has 0 N–H and O–H groups in total. The van der Waals surface area contributed by atoms with Gasteiger partial charge < -0.3 is 24.0 Å². The topological polar surface area (TPSA) is 26.1 Å². The summed E-state index contributed by atoms with van der Waals surface area (Å²) in [4.78, 5) is 9.22. The molecule has 1 heterocycles. The third-order valence-corrected chi connectivity index (χ3v) is 14.2. The van der Waals surface area contributed by atoms with Crippen LogP contribution in [0.15, 0.2) is 320 Å². The van der Waals surface area contributed by atoms with Gasteiger partial charge >= 0.3 is 0 Å². The summed E-state index contributed by atoms with van der Waals surface area (Å²) in [6.45, 7) is 0. The molecule has 0 aliphatic heterocycles. The maximum absolute atomic E-state index is 7.30. The van der Waals surface area contributed by atoms with Crippen LogP contribution in [0.3, 0.4) is 0 Å². The number of hydrogen-bond donors (Lipinski definition) is 0. The summed E-state index contributed by atoms with van der Waals surface area (Å²) < 4.78 is 7.30. The second-order valence-corrected chi connectivity index (χ2v) is 19.0. The van der Waals surface area contributed by atoms with Gasteiger partial charge in [-0.3, -0.25) is 0 Å². The van der Waals surface area contributed by atoms with Crippen LogP contribution < -0.4 is 19.6 Å². The van der Waals surface area contributed by atoms with Gasteiger partial charge in [-0.05, 0) is 156 Å². The van der Waals surface area contributed by atoms with E-state index in [0.29, 0.717) is 0 Å². The monoisotopic (exact) mass is 988 g/mol. The van der Waals surface area contributed by atoms with Crippen molar-refractivity contribution < 1.29 is 4.42 Å². The zero-order chi connectivity index (χ0) is 51.3. The first-order chi connectivity index (χ1) is 38.2. The normalized spacial score (nSPS) is 11.1. The zero-order valence-corrected chi connectivity index (χ0v) is 42.2. The van der Waals surface area contributed by atoms with Crippen LogP contribution in [-0.2, 0) is 0 Å². The number of rotatable bonds is 14. The van der Waals surface area contributed by atoms with E-state index in [1.807, 2.05) is 0 Å². The minimum atomic E-state index is 0.799. The van der Waals surface area contributed by atoms with E-state index in [0.717, 1.165) is 90.2 Å². The van der Waals surface area contributed by atoms with Crippen molar-refractivity contribution in [3.63, 3.8) is 0 Å². The molecule has 0 saturated heterocycles. The molecule has 0 bridgehead atoms. The zero-order valence-electron chi connectivity index (χ0n) is 42.2. The summed E-state index contributed by atoms with van der Waals surface area (Å²) in [6.07, 6.45) is 0. The van der Waals surface area contributed by atoms with E-state index in [1.165, 1.54) is 22.3 Å². The van der Waals surface area contributed by atoms with Gasteiger partial charge in [-0.15, -0.1) is 0 Å². The molecule has 0 radical (unpaired) electrons. The molecule has 0 aliphatic rings. The van der Waals surface area contributed by atoms with E-state index in [1.54, 1.807) is 0 Å². The van der Waals surface area contributed by atoms with E-state index < -0.39 is 0 Å². The lowest BCUT2D eigenvalue weighted by Gasteiger charge is -2.28. The van der Waals surface area contributed by atoms with Crippen LogP contribution in [0.25, 0.3) is 44.2 Å². The van der Waals surface area contributed by atoms with E-state index in [-0.39, 0.29) is 0 Å². The molecule has 77 heavy (non-hydrogen) atoms. The molecule has 13 aromatic rings. The molecule has 0 atom stereocenters. The summed E-state index contributed by atoms with van der Waals surface area (Å²) in [5.74, 6) is 0. The van der Waals surface area contributed by atoms with Crippen molar-refractivity contribution >= 4 is 90.2 Å². The lowest BCUT2D eigenvalue weighted by atomic mass is 10.0. The second kappa shape index (κ2) is 20.9. The van der Waals surface area contributed by atoms with E-state index >= 15 is 0 Å². The first-order valence-corrected chi connectivity index (χ1v) is 26.1. The standard InChI is InChI=1S/C72H52N4O/c1-7-21-53(22-8-1)55-37-41-61(42-38-55)73(57-25-11-3-12-26-57)63-45-49-65(50-46-63)75(59-29-15-5-16-30-59)69-35-19-33-67-68-34-20-36-70(72(68)77-71(67)69)76(60-31-17-6-18-32-60)66-51-47-64(48-52-66)74(58-27-13-4-14-28-58)62-43-39-56(40-44-62)54-23-9-2-10-24-54/h1-52H. The van der Waals surface area contributed by atoms with Gasteiger partial charge in [0.1, 0.15) is 0 Å². The number of benzene rings is 12. The Morgan fingerprint density at radius 1 is 0.169 bits per heavy atom. The van der Waals surface area contributed by atoms with Gasteiger partial charge in [-0.2, -0.15) is 0 Å². The number of furan rings is 1. The van der Waals surface area contributed by atoms with Gasteiger partial charge in [0, 0.05) is 67.6 Å². The van der Waals surface area contributed by atoms with E-state index in [4.69, 9.17) is 4.42 Å². The van der Waals surface area contributed by atoms with Crippen molar-refractivity contribution in [2.45, 2.75) is 0 Å². The summed E-state index contributed by atoms with van der Waals surface area (Å²) in [7, 11) is 0. The molecule has 12 aromatic carbocycles. The van der Waals surface area contributed by atoms with Crippen LogP contribution in [0.5, 0.6) is 0 Å². The Balaban J connectivity index is 0.885. The van der Waals surface area contributed by atoms with Gasteiger partial charge in [0.15, 0.2) is 11.2 Å². The molecule has 5 nitrogen and oxygen atoms in total. The minimum absolute atomic E-state index is 0.799. The largest absolute Gasteiger partial charge is 0.452 e. The first kappa shape index (κ1) is 46.4. The van der Waals surface area contributed by atoms with Crippen molar-refractivity contribution in [1.29, 1.82) is 0 Å². The minimum Gasteiger partial charge on any atom is -0.452 e. The summed E-state index contributed by atoms with van der Waals surface area (Å²) in [5, 5.41) is 2.07. The van der Waals surface area contributed by atoms with Crippen molar-refractivity contribution in [2.24, 2.45) is 0 Å². The van der Waals surface area contributed by atoms with Gasteiger partial charge in [0.25, 0.3) is 0 Å². The van der Waals surface area contributed by atoms with Crippen molar-refractivity contribution in [2.75, 3.05) is 19.6 Å². The molecule has 13 rings (SSSR count). The second-order valence-electron chi connectivity index (χ2n) is 19.0. The Kier molecular flexibility index (Phi) is 12.6. The average Bonchev–Trinajstić information content (AvgIpc) is 3.94. The maximum Gasteiger partial charge on any atom is 0.159 e. The van der Waals surface area contributed by atoms with Gasteiger partial charge in [0.05, 0.1) is 11.4 Å². The van der Waals surface area contributed by atoms with Crippen molar-refractivity contribution in [1.82, 2.24) is 0 Å². The van der Waals surface area contributed by atoms with Gasteiger partial charge in [-0.1, -0.05) is 182 Å². The third-order valence-electron chi connectivity index (χ3n) is 14.2. The predicted octanol–water partition coefficient (Wildman–Crippen LogP) is 20.8. The lowest BCUT2D eigenvalue weighted by molar-refractivity contribution is 0.669. The van der Waals surface area contributed by atoms with Crippen LogP contribution >= 0.6 is 0 Å². The average molecular weight is 989 g/mol. The fourth-order valence-corrected chi connectivity index (χ4v) is 10.6. The molecule has 366 valence electrons. The molecular formula is C72H52N4O. The Bertz CT molecular complexity index is 3780. The Morgan fingerprint density at radius 2 is 0.390 bits per heavy atom. The summed E-state index contributed by atoms with van der Waals surface area (Å²) in [5.41, 5.74) is 18.7. The highest BCUT2D eigenvalue weighted by molar-refractivity contribution is 6.14. The predicted molar refractivity (Wildman–Crippen MR) is 323 cm³/mol. The number of para-hydroxylation sites is 6. The highest BCUT2D eigenvalue weighted by atomic mass is 16.3. The highest BCUT2D eigenvalue weighted by Gasteiger charge is 2.24. The van der Waals surface area contributed by atoms with Gasteiger partial charge in [-0.25, -0.2) is 0 Å². The number of hydrogen-bond acceptors (Lipinski definition) is 5. The molecule has 5 heteroatoms. The van der Waals surface area contributed by atoms with E-state index in [2.05, 4.69) is 335 Å². The Labute approximate surface area is 449 Å². The van der Waals surface area contributed by atoms with Gasteiger partial charge in [0.2, 0.25) is 0 Å². The lowest BCUT2D eigenvalue weighted by Crippen LogP contribution is -2.12. The molecule has 1 aromatic heterocycles. The number of fused-ring (bicyclic) bond motifs is 3. The fourth-order valence-electron chi connectivity index (χ4n) is 10.6.